The number of ether oxygens (including phenoxy) is 1. The van der Waals surface area contributed by atoms with Crippen molar-refractivity contribution in [3.8, 4) is 17.2 Å². The molecule has 0 aliphatic carbocycles. The molecule has 114 valence electrons. The zero-order valence-corrected chi connectivity index (χ0v) is 12.3. The summed E-state index contributed by atoms with van der Waals surface area (Å²) >= 11 is 5.77. The van der Waals surface area contributed by atoms with Crippen LogP contribution >= 0.6 is 11.6 Å². The van der Waals surface area contributed by atoms with Crippen LogP contribution in [0.5, 0.6) is 17.2 Å². The van der Waals surface area contributed by atoms with Crippen molar-refractivity contribution in [1.29, 1.82) is 0 Å². The van der Waals surface area contributed by atoms with Crippen LogP contribution in [-0.2, 0) is 0 Å². The summed E-state index contributed by atoms with van der Waals surface area (Å²) in [5.41, 5.74) is 2.61. The quantitative estimate of drug-likeness (QED) is 0.596. The van der Waals surface area contributed by atoms with E-state index in [9.17, 15) is 15.0 Å². The van der Waals surface area contributed by atoms with E-state index in [0.29, 0.717) is 16.3 Å². The Labute approximate surface area is 131 Å². The molecule has 0 unspecified atom stereocenters. The smallest absolute Gasteiger partial charge is 0.275 e. The summed E-state index contributed by atoms with van der Waals surface area (Å²) in [5.74, 6) is -0.303. The number of nitrogens with one attached hydrogen (secondary N) is 1. The van der Waals surface area contributed by atoms with Gasteiger partial charge in [-0.15, -0.1) is 0 Å². The number of amides is 1. The van der Waals surface area contributed by atoms with E-state index in [4.69, 9.17) is 16.3 Å². The largest absolute Gasteiger partial charge is 0.507 e. The fourth-order valence-electron chi connectivity index (χ4n) is 1.67. The third-order valence-corrected chi connectivity index (χ3v) is 3.04. The first-order valence-electron chi connectivity index (χ1n) is 6.20. The van der Waals surface area contributed by atoms with Gasteiger partial charge in [0.2, 0.25) is 0 Å². The number of carbonyl (C=O) groups excluding carboxylic acids is 1. The predicted octanol–water partition coefficient (Wildman–Crippen LogP) is 2.52. The average Bonchev–Trinajstić information content (AvgIpc) is 2.51. The number of phenols is 2. The first-order valence-corrected chi connectivity index (χ1v) is 6.58. The van der Waals surface area contributed by atoms with Gasteiger partial charge in [-0.1, -0.05) is 11.6 Å². The standard InChI is InChI=1S/C15H13ClN2O4/c1-22-11-3-5-13(19)9(6-11)8-17-18-15(21)12-7-10(16)2-4-14(12)20/h2-8,19-20H,1H3,(H,18,21)/b17-8+. The summed E-state index contributed by atoms with van der Waals surface area (Å²) in [6.07, 6.45) is 1.26. The number of hydrogen-bond donors (Lipinski definition) is 3. The van der Waals surface area contributed by atoms with Crippen LogP contribution in [0, 0.1) is 0 Å². The van der Waals surface area contributed by atoms with E-state index in [-0.39, 0.29) is 17.1 Å². The van der Waals surface area contributed by atoms with Crippen LogP contribution in [0.1, 0.15) is 15.9 Å². The SMILES string of the molecule is COc1ccc(O)c(/C=N/NC(=O)c2cc(Cl)ccc2O)c1. The number of phenolic OH excluding ortho intramolecular Hbond substituents is 2. The number of nitrogens with zero attached hydrogens (tertiary/aromatic N) is 1. The summed E-state index contributed by atoms with van der Waals surface area (Å²) in [6, 6.07) is 8.70. The highest BCUT2D eigenvalue weighted by molar-refractivity contribution is 6.31. The van der Waals surface area contributed by atoms with E-state index in [2.05, 4.69) is 10.5 Å². The van der Waals surface area contributed by atoms with Gasteiger partial charge in [0, 0.05) is 10.6 Å². The third-order valence-electron chi connectivity index (χ3n) is 2.81. The van der Waals surface area contributed by atoms with Gasteiger partial charge in [-0.05, 0) is 36.4 Å². The maximum absolute atomic E-state index is 11.9. The number of methoxy groups -OCH3 is 1. The first-order chi connectivity index (χ1) is 10.5. The molecule has 6 nitrogen and oxygen atoms in total. The second-order valence-electron chi connectivity index (χ2n) is 4.29. The summed E-state index contributed by atoms with van der Waals surface area (Å²) in [4.78, 5) is 11.9. The molecule has 2 rings (SSSR count). The minimum Gasteiger partial charge on any atom is -0.507 e. The minimum absolute atomic E-state index is 0.000450. The van der Waals surface area contributed by atoms with E-state index in [0.717, 1.165) is 0 Å². The molecule has 0 heterocycles. The van der Waals surface area contributed by atoms with Crippen LogP contribution in [0.2, 0.25) is 5.02 Å². The summed E-state index contributed by atoms with van der Waals surface area (Å²) in [5, 5.41) is 23.3. The maximum atomic E-state index is 11.9. The van der Waals surface area contributed by atoms with Crippen molar-refractivity contribution in [3.63, 3.8) is 0 Å². The van der Waals surface area contributed by atoms with Gasteiger partial charge in [-0.3, -0.25) is 4.79 Å². The van der Waals surface area contributed by atoms with Crippen molar-refractivity contribution in [1.82, 2.24) is 5.43 Å². The topological polar surface area (TPSA) is 91.2 Å². The first kappa shape index (κ1) is 15.7. The molecule has 0 spiro atoms. The molecule has 0 bridgehead atoms. The Balaban J connectivity index is 2.12. The molecule has 0 saturated carbocycles. The van der Waals surface area contributed by atoms with E-state index >= 15 is 0 Å². The molecule has 0 aliphatic rings. The van der Waals surface area contributed by atoms with Gasteiger partial charge in [0.15, 0.2) is 0 Å². The molecule has 22 heavy (non-hydrogen) atoms. The van der Waals surface area contributed by atoms with Crippen molar-refractivity contribution in [2.75, 3.05) is 7.11 Å². The number of halogens is 1. The number of rotatable bonds is 4. The van der Waals surface area contributed by atoms with Crippen molar-refractivity contribution in [2.45, 2.75) is 0 Å². The third kappa shape index (κ3) is 3.67. The van der Waals surface area contributed by atoms with Crippen LogP contribution in [0.3, 0.4) is 0 Å². The molecule has 0 aromatic heterocycles. The molecule has 1 amide bonds. The summed E-state index contributed by atoms with van der Waals surface area (Å²) in [7, 11) is 1.50. The van der Waals surface area contributed by atoms with Crippen molar-refractivity contribution < 1.29 is 19.7 Å². The Kier molecular flexibility index (Phi) is 4.85. The molecular weight excluding hydrogens is 308 g/mol. The maximum Gasteiger partial charge on any atom is 0.275 e. The fraction of sp³-hybridized carbons (Fsp3) is 0.0667. The molecule has 0 atom stereocenters. The average molecular weight is 321 g/mol. The molecule has 0 aliphatic heterocycles. The van der Waals surface area contributed by atoms with Gasteiger partial charge in [0.05, 0.1) is 18.9 Å². The van der Waals surface area contributed by atoms with Crippen LogP contribution in [0.25, 0.3) is 0 Å². The van der Waals surface area contributed by atoms with Crippen molar-refractivity contribution in [3.05, 3.63) is 52.5 Å². The van der Waals surface area contributed by atoms with Crippen molar-refractivity contribution in [2.24, 2.45) is 5.10 Å². The zero-order chi connectivity index (χ0) is 16.1. The van der Waals surface area contributed by atoms with Gasteiger partial charge in [-0.25, -0.2) is 5.43 Å². The number of benzene rings is 2. The van der Waals surface area contributed by atoms with Crippen LogP contribution in [-0.4, -0.2) is 29.4 Å². The summed E-state index contributed by atoms with van der Waals surface area (Å²) in [6.45, 7) is 0. The molecule has 0 radical (unpaired) electrons. The number of hydrazone groups is 1. The fourth-order valence-corrected chi connectivity index (χ4v) is 1.85. The Morgan fingerprint density at radius 2 is 1.95 bits per heavy atom. The lowest BCUT2D eigenvalue weighted by Crippen LogP contribution is -2.17. The van der Waals surface area contributed by atoms with Gasteiger partial charge in [0.1, 0.15) is 17.2 Å². The molecule has 0 saturated heterocycles. The number of carbonyl (C=O) groups is 1. The van der Waals surface area contributed by atoms with Gasteiger partial charge in [0.25, 0.3) is 5.91 Å². The summed E-state index contributed by atoms with van der Waals surface area (Å²) < 4.78 is 5.03. The highest BCUT2D eigenvalue weighted by atomic mass is 35.5. The molecule has 7 heteroatoms. The Hall–Kier alpha value is -2.73. The predicted molar refractivity (Wildman–Crippen MR) is 82.8 cm³/mol. The Bertz CT molecular complexity index is 731. The zero-order valence-electron chi connectivity index (χ0n) is 11.6. The van der Waals surface area contributed by atoms with E-state index in [1.54, 1.807) is 12.1 Å². The molecule has 3 N–H and O–H groups in total. The second-order valence-corrected chi connectivity index (χ2v) is 4.72. The highest BCUT2D eigenvalue weighted by Gasteiger charge is 2.10. The molecule has 0 fully saturated rings. The van der Waals surface area contributed by atoms with Crippen LogP contribution < -0.4 is 10.2 Å². The van der Waals surface area contributed by atoms with Gasteiger partial charge >= 0.3 is 0 Å². The van der Waals surface area contributed by atoms with Gasteiger partial charge < -0.3 is 14.9 Å². The van der Waals surface area contributed by atoms with Crippen LogP contribution in [0.15, 0.2) is 41.5 Å². The minimum atomic E-state index is -0.626. The van der Waals surface area contributed by atoms with E-state index < -0.39 is 5.91 Å². The lowest BCUT2D eigenvalue weighted by molar-refractivity contribution is 0.0952. The Morgan fingerprint density at radius 3 is 2.68 bits per heavy atom. The molecule has 2 aromatic rings. The monoisotopic (exact) mass is 320 g/mol. The van der Waals surface area contributed by atoms with Crippen LogP contribution in [0.4, 0.5) is 0 Å². The Morgan fingerprint density at radius 1 is 1.23 bits per heavy atom. The molecule has 2 aromatic carbocycles. The second kappa shape index (κ2) is 6.82. The lowest BCUT2D eigenvalue weighted by Gasteiger charge is -2.04. The number of hydrogen-bond acceptors (Lipinski definition) is 5. The van der Waals surface area contributed by atoms with Gasteiger partial charge in [-0.2, -0.15) is 5.10 Å². The van der Waals surface area contributed by atoms with E-state index in [1.807, 2.05) is 0 Å². The van der Waals surface area contributed by atoms with Crippen molar-refractivity contribution >= 4 is 23.7 Å². The number of aromatic hydroxyl groups is 2. The molecular formula is C15H13ClN2O4. The highest BCUT2D eigenvalue weighted by Crippen LogP contribution is 2.22. The normalized spacial score (nSPS) is 10.6. The lowest BCUT2D eigenvalue weighted by atomic mass is 10.2. The van der Waals surface area contributed by atoms with E-state index in [1.165, 1.54) is 37.6 Å².